The third-order valence-electron chi connectivity index (χ3n) is 4.46. The maximum Gasteiger partial charge on any atom is 0.408 e. The molecule has 1 unspecified atom stereocenters. The molecule has 2 atom stereocenters. The third kappa shape index (κ3) is 6.17. The van der Waals surface area contributed by atoms with Crippen LogP contribution in [0, 0.1) is 6.92 Å². The van der Waals surface area contributed by atoms with Gasteiger partial charge in [-0.25, -0.2) is 13.2 Å². The summed E-state index contributed by atoms with van der Waals surface area (Å²) in [5.41, 5.74) is -0.116. The van der Waals surface area contributed by atoms with E-state index in [1.807, 2.05) is 0 Å². The van der Waals surface area contributed by atoms with Crippen LogP contribution in [-0.2, 0) is 24.3 Å². The van der Waals surface area contributed by atoms with Crippen LogP contribution in [0.5, 0.6) is 0 Å². The molecule has 1 aliphatic rings. The number of carbonyl (C=O) groups excluding carboxylic acids is 2. The summed E-state index contributed by atoms with van der Waals surface area (Å²) in [7, 11) is -3.87. The lowest BCUT2D eigenvalue weighted by atomic mass is 10.1. The van der Waals surface area contributed by atoms with Gasteiger partial charge in [0.2, 0.25) is 10.0 Å². The van der Waals surface area contributed by atoms with Crippen molar-refractivity contribution in [1.82, 2.24) is 9.62 Å². The van der Waals surface area contributed by atoms with Crippen molar-refractivity contribution in [2.24, 2.45) is 0 Å². The summed E-state index contributed by atoms with van der Waals surface area (Å²) in [6.45, 7) is 8.69. The van der Waals surface area contributed by atoms with Crippen molar-refractivity contribution in [2.75, 3.05) is 6.54 Å². The molecule has 2 rings (SSSR count). The summed E-state index contributed by atoms with van der Waals surface area (Å²) in [4.78, 5) is 24.2. The number of hydrogen-bond acceptors (Lipinski definition) is 6. The number of aryl methyl sites for hydroxylation is 1. The molecule has 8 nitrogen and oxygen atoms in total. The molecule has 0 spiro atoms. The molecule has 1 N–H and O–H groups in total. The van der Waals surface area contributed by atoms with E-state index in [1.54, 1.807) is 58.9 Å². The van der Waals surface area contributed by atoms with Crippen LogP contribution in [0.1, 0.15) is 52.5 Å². The molecule has 1 fully saturated rings. The highest BCUT2D eigenvalue weighted by Crippen LogP contribution is 2.28. The van der Waals surface area contributed by atoms with Crippen LogP contribution in [0.3, 0.4) is 0 Å². The average molecular weight is 427 g/mol. The molecular formula is C20H30N2O6S. The van der Waals surface area contributed by atoms with E-state index in [4.69, 9.17) is 9.47 Å². The van der Waals surface area contributed by atoms with Gasteiger partial charge in [-0.05, 0) is 45.7 Å². The normalized spacial score (nSPS) is 20.7. The van der Waals surface area contributed by atoms with Gasteiger partial charge in [-0.1, -0.05) is 25.1 Å². The van der Waals surface area contributed by atoms with Crippen LogP contribution >= 0.6 is 0 Å². The van der Waals surface area contributed by atoms with Crippen molar-refractivity contribution in [3.63, 3.8) is 0 Å². The highest BCUT2D eigenvalue weighted by atomic mass is 32.2. The number of esters is 1. The number of nitrogens with zero attached hydrogens (tertiary/aromatic N) is 1. The lowest BCUT2D eigenvalue weighted by Crippen LogP contribution is -2.56. The van der Waals surface area contributed by atoms with Gasteiger partial charge in [0.1, 0.15) is 17.9 Å². The first kappa shape index (κ1) is 23.2. The molecule has 0 radical (unpaired) electrons. The predicted octanol–water partition coefficient (Wildman–Crippen LogP) is 2.95. The Morgan fingerprint density at radius 1 is 1.24 bits per heavy atom. The fraction of sp³-hybridized carbons (Fsp3) is 0.600. The zero-order chi connectivity index (χ0) is 21.8. The number of rotatable bonds is 5. The molecule has 1 aliphatic heterocycles. The van der Waals surface area contributed by atoms with Gasteiger partial charge in [0.15, 0.2) is 0 Å². The molecular weight excluding hydrogens is 396 g/mol. The Balaban J connectivity index is 2.29. The van der Waals surface area contributed by atoms with Gasteiger partial charge in [0, 0.05) is 19.4 Å². The molecule has 162 valence electrons. The second-order valence-corrected chi connectivity index (χ2v) is 9.89. The van der Waals surface area contributed by atoms with Gasteiger partial charge in [0.05, 0.1) is 4.90 Å². The number of alkyl carbamates (subject to hydrolysis) is 1. The van der Waals surface area contributed by atoms with Crippen LogP contribution in [0.2, 0.25) is 0 Å². The molecule has 0 saturated carbocycles. The van der Waals surface area contributed by atoms with Crippen LogP contribution in [0.4, 0.5) is 4.79 Å². The second-order valence-electron chi connectivity index (χ2n) is 8.03. The van der Waals surface area contributed by atoms with Gasteiger partial charge >= 0.3 is 12.1 Å². The summed E-state index contributed by atoms with van der Waals surface area (Å²) in [5, 5.41) is 2.64. The highest BCUT2D eigenvalue weighted by molar-refractivity contribution is 7.89. The number of amides is 1. The Hall–Kier alpha value is -2.13. The molecule has 0 aliphatic carbocycles. The van der Waals surface area contributed by atoms with Crippen molar-refractivity contribution in [3.8, 4) is 0 Å². The van der Waals surface area contributed by atoms with Gasteiger partial charge in [-0.2, -0.15) is 4.31 Å². The Labute approximate surface area is 172 Å². The summed E-state index contributed by atoms with van der Waals surface area (Å²) in [5.74, 6) is -0.360. The lowest BCUT2D eigenvalue weighted by molar-refractivity contribution is -0.151. The first-order valence-electron chi connectivity index (χ1n) is 9.70. The summed E-state index contributed by atoms with van der Waals surface area (Å²) in [6.07, 6.45) is -1.37. The quantitative estimate of drug-likeness (QED) is 0.727. The van der Waals surface area contributed by atoms with E-state index in [-0.39, 0.29) is 30.3 Å². The first-order valence-corrected chi connectivity index (χ1v) is 11.1. The maximum absolute atomic E-state index is 13.3. The molecule has 9 heteroatoms. The number of sulfonamides is 1. The topological polar surface area (TPSA) is 102 Å². The van der Waals surface area contributed by atoms with E-state index in [9.17, 15) is 18.0 Å². The fourth-order valence-electron chi connectivity index (χ4n) is 3.12. The van der Waals surface area contributed by atoms with Crippen LogP contribution in [0.15, 0.2) is 29.2 Å². The molecule has 0 bridgehead atoms. The van der Waals surface area contributed by atoms with Crippen molar-refractivity contribution >= 4 is 22.1 Å². The van der Waals surface area contributed by atoms with Crippen LogP contribution in [0.25, 0.3) is 0 Å². The Kier molecular flexibility index (Phi) is 7.29. The Bertz CT molecular complexity index is 847. The number of carbonyl (C=O) groups is 2. The monoisotopic (exact) mass is 426 g/mol. The first-order chi connectivity index (χ1) is 13.4. The standard InChI is InChI=1S/C20H30N2O6S/c1-6-18(23)27-15-11-12-22(17(13-15)21-19(24)28-20(3,4)5)29(25,26)16-10-8-7-9-14(16)2/h7-10,15,17H,6,11-13H2,1-5H3,(H,21,24)/t15?,17-/m0/s1. The molecule has 1 heterocycles. The summed E-state index contributed by atoms with van der Waals surface area (Å²) < 4.78 is 38.5. The zero-order valence-electron chi connectivity index (χ0n) is 17.6. The smallest absolute Gasteiger partial charge is 0.408 e. The number of ether oxygens (including phenoxy) is 2. The van der Waals surface area contributed by atoms with E-state index < -0.39 is 34.0 Å². The minimum atomic E-state index is -3.87. The molecule has 1 amide bonds. The van der Waals surface area contributed by atoms with E-state index in [2.05, 4.69) is 5.32 Å². The number of hydrogen-bond donors (Lipinski definition) is 1. The second kappa shape index (κ2) is 9.13. The minimum absolute atomic E-state index is 0.110. The lowest BCUT2D eigenvalue weighted by Gasteiger charge is -2.38. The molecule has 1 aromatic rings. The highest BCUT2D eigenvalue weighted by Gasteiger charge is 2.40. The third-order valence-corrected chi connectivity index (χ3v) is 6.52. The predicted molar refractivity (Wildman–Crippen MR) is 108 cm³/mol. The van der Waals surface area contributed by atoms with E-state index in [0.29, 0.717) is 12.0 Å². The fourth-order valence-corrected chi connectivity index (χ4v) is 4.92. The van der Waals surface area contributed by atoms with E-state index in [1.165, 1.54) is 4.31 Å². The van der Waals surface area contributed by atoms with Crippen molar-refractivity contribution < 1.29 is 27.5 Å². The zero-order valence-corrected chi connectivity index (χ0v) is 18.4. The number of nitrogens with one attached hydrogen (secondary N) is 1. The largest absolute Gasteiger partial charge is 0.462 e. The molecule has 1 aromatic carbocycles. The van der Waals surface area contributed by atoms with E-state index in [0.717, 1.165) is 0 Å². The molecule has 29 heavy (non-hydrogen) atoms. The Morgan fingerprint density at radius 2 is 1.90 bits per heavy atom. The molecule has 1 saturated heterocycles. The van der Waals surface area contributed by atoms with Crippen molar-refractivity contribution in [2.45, 2.75) is 76.6 Å². The summed E-state index contributed by atoms with van der Waals surface area (Å²) >= 11 is 0. The van der Waals surface area contributed by atoms with Gasteiger partial charge < -0.3 is 14.8 Å². The van der Waals surface area contributed by atoms with Gasteiger partial charge in [-0.3, -0.25) is 4.79 Å². The average Bonchev–Trinajstić information content (AvgIpc) is 2.60. The SMILES string of the molecule is CCC(=O)OC1CCN(S(=O)(=O)c2ccccc2C)[C@H](NC(=O)OC(C)(C)C)C1. The number of benzene rings is 1. The number of piperidine rings is 1. The van der Waals surface area contributed by atoms with E-state index >= 15 is 0 Å². The molecule has 0 aromatic heterocycles. The summed E-state index contributed by atoms with van der Waals surface area (Å²) in [6, 6.07) is 6.69. The van der Waals surface area contributed by atoms with Crippen molar-refractivity contribution in [3.05, 3.63) is 29.8 Å². The Morgan fingerprint density at radius 3 is 2.48 bits per heavy atom. The van der Waals surface area contributed by atoms with Crippen molar-refractivity contribution in [1.29, 1.82) is 0 Å². The minimum Gasteiger partial charge on any atom is -0.462 e. The van der Waals surface area contributed by atoms with Gasteiger partial charge in [-0.15, -0.1) is 0 Å². The van der Waals surface area contributed by atoms with Gasteiger partial charge in [0.25, 0.3) is 0 Å². The van der Waals surface area contributed by atoms with Crippen LogP contribution < -0.4 is 5.32 Å². The maximum atomic E-state index is 13.3. The van der Waals surface area contributed by atoms with Crippen LogP contribution in [-0.4, -0.2) is 49.2 Å².